The van der Waals surface area contributed by atoms with E-state index < -0.39 is 17.7 Å². The molecule has 0 spiro atoms. The van der Waals surface area contributed by atoms with Crippen molar-refractivity contribution in [2.75, 3.05) is 13.1 Å². The standard InChI is InChI=1S/C23H38N2O6/c1-4-5-14-24-22(29)31-23(2,3)21(28)25-15-17-16(18-12-13-19(17)30-18)10-8-6-7-9-11-20(26)27/h6,8,16-19H,4-5,7,9-15H2,1-3H3,(H,24,29)(H,25,28)(H,26,27)/b8-6-/t16-,17+,18-,19+/m1/s1. The number of allylic oxidation sites excluding steroid dienone is 2. The smallest absolute Gasteiger partial charge is 0.408 e. The van der Waals surface area contributed by atoms with Crippen molar-refractivity contribution in [2.45, 2.75) is 89.9 Å². The largest absolute Gasteiger partial charge is 0.481 e. The summed E-state index contributed by atoms with van der Waals surface area (Å²) in [5, 5.41) is 14.3. The van der Waals surface area contributed by atoms with E-state index in [9.17, 15) is 14.4 Å². The van der Waals surface area contributed by atoms with E-state index in [1.54, 1.807) is 13.8 Å². The van der Waals surface area contributed by atoms with Gasteiger partial charge in [0, 0.05) is 25.4 Å². The first kappa shape index (κ1) is 25.2. The van der Waals surface area contributed by atoms with Crippen LogP contribution in [-0.2, 0) is 19.1 Å². The molecule has 2 bridgehead atoms. The minimum atomic E-state index is -1.26. The maximum Gasteiger partial charge on any atom is 0.408 e. The Kier molecular flexibility index (Phi) is 9.81. The normalized spacial score (nSPS) is 25.0. The van der Waals surface area contributed by atoms with Crippen LogP contribution < -0.4 is 10.6 Å². The van der Waals surface area contributed by atoms with Crippen LogP contribution in [0.1, 0.15) is 72.1 Å². The van der Waals surface area contributed by atoms with Gasteiger partial charge in [0.15, 0.2) is 5.60 Å². The number of carbonyl (C=O) groups is 3. The second kappa shape index (κ2) is 12.1. The number of alkyl carbamates (subject to hydrolysis) is 1. The van der Waals surface area contributed by atoms with E-state index in [1.807, 2.05) is 13.0 Å². The first-order chi connectivity index (χ1) is 14.7. The number of fused-ring (bicyclic) bond motifs is 2. The Balaban J connectivity index is 1.80. The molecule has 3 N–H and O–H groups in total. The van der Waals surface area contributed by atoms with E-state index in [4.69, 9.17) is 14.6 Å². The molecule has 4 atom stereocenters. The van der Waals surface area contributed by atoms with Gasteiger partial charge in [0.2, 0.25) is 0 Å². The van der Waals surface area contributed by atoms with Crippen molar-refractivity contribution < 1.29 is 29.0 Å². The number of ether oxygens (including phenoxy) is 2. The minimum absolute atomic E-state index is 0.150. The highest BCUT2D eigenvalue weighted by Crippen LogP contribution is 2.44. The number of hydrogen-bond acceptors (Lipinski definition) is 5. The fraction of sp³-hybridized carbons (Fsp3) is 0.783. The van der Waals surface area contributed by atoms with Gasteiger partial charge in [-0.25, -0.2) is 4.79 Å². The first-order valence-corrected chi connectivity index (χ1v) is 11.5. The van der Waals surface area contributed by atoms with Crippen LogP contribution >= 0.6 is 0 Å². The molecule has 31 heavy (non-hydrogen) atoms. The molecule has 0 aromatic heterocycles. The summed E-state index contributed by atoms with van der Waals surface area (Å²) in [6.45, 7) is 6.24. The Hall–Kier alpha value is -2.09. The molecule has 0 aliphatic carbocycles. The van der Waals surface area contributed by atoms with Crippen LogP contribution in [0.25, 0.3) is 0 Å². The Morgan fingerprint density at radius 3 is 2.48 bits per heavy atom. The lowest BCUT2D eigenvalue weighted by Gasteiger charge is -2.29. The van der Waals surface area contributed by atoms with Crippen LogP contribution in [0.2, 0.25) is 0 Å². The Morgan fingerprint density at radius 2 is 1.81 bits per heavy atom. The Morgan fingerprint density at radius 1 is 1.10 bits per heavy atom. The highest BCUT2D eigenvalue weighted by atomic mass is 16.6. The number of rotatable bonds is 13. The van der Waals surface area contributed by atoms with Crippen LogP contribution in [-0.4, -0.2) is 54.0 Å². The Labute approximate surface area is 185 Å². The number of carbonyl (C=O) groups excluding carboxylic acids is 2. The molecule has 0 saturated carbocycles. The van der Waals surface area contributed by atoms with Crippen LogP contribution in [0.4, 0.5) is 4.79 Å². The van der Waals surface area contributed by atoms with E-state index in [-0.39, 0.29) is 30.5 Å². The van der Waals surface area contributed by atoms with Crippen molar-refractivity contribution >= 4 is 18.0 Å². The lowest BCUT2D eigenvalue weighted by Crippen LogP contribution is -2.49. The molecule has 8 nitrogen and oxygen atoms in total. The third-order valence-electron chi connectivity index (χ3n) is 6.12. The SMILES string of the molecule is CCCCNC(=O)OC(C)(C)C(=O)NC[C@H]1[C@@H](C/C=C\CCCC(=O)O)[C@H]2CC[C@@H]1O2. The van der Waals surface area contributed by atoms with Crippen molar-refractivity contribution in [1.82, 2.24) is 10.6 Å². The summed E-state index contributed by atoms with van der Waals surface area (Å²) in [5.74, 6) is -0.531. The summed E-state index contributed by atoms with van der Waals surface area (Å²) in [6.07, 6.45) is 10.2. The van der Waals surface area contributed by atoms with E-state index >= 15 is 0 Å². The maximum atomic E-state index is 12.7. The summed E-state index contributed by atoms with van der Waals surface area (Å²) >= 11 is 0. The maximum absolute atomic E-state index is 12.7. The zero-order chi connectivity index (χ0) is 22.9. The zero-order valence-corrected chi connectivity index (χ0v) is 19.0. The molecule has 0 aromatic carbocycles. The molecule has 2 aliphatic rings. The highest BCUT2D eigenvalue weighted by molar-refractivity contribution is 5.86. The minimum Gasteiger partial charge on any atom is -0.481 e. The van der Waals surface area contributed by atoms with Crippen molar-refractivity contribution in [2.24, 2.45) is 11.8 Å². The van der Waals surface area contributed by atoms with Crippen LogP contribution in [0.3, 0.4) is 0 Å². The molecule has 2 fully saturated rings. The van der Waals surface area contributed by atoms with Gasteiger partial charge in [0.1, 0.15) is 0 Å². The molecular weight excluding hydrogens is 400 g/mol. The summed E-state index contributed by atoms with van der Waals surface area (Å²) in [5.41, 5.74) is -1.26. The predicted molar refractivity (Wildman–Crippen MR) is 117 cm³/mol. The molecule has 2 amide bonds. The third kappa shape index (κ3) is 7.83. The second-order valence-corrected chi connectivity index (χ2v) is 9.00. The monoisotopic (exact) mass is 438 g/mol. The lowest BCUT2D eigenvalue weighted by molar-refractivity contribution is -0.137. The van der Waals surface area contributed by atoms with Gasteiger partial charge in [-0.15, -0.1) is 0 Å². The van der Waals surface area contributed by atoms with Gasteiger partial charge >= 0.3 is 12.1 Å². The fourth-order valence-corrected chi connectivity index (χ4v) is 4.33. The molecule has 8 heteroatoms. The van der Waals surface area contributed by atoms with Crippen LogP contribution in [0.5, 0.6) is 0 Å². The van der Waals surface area contributed by atoms with E-state index in [1.165, 1.54) is 0 Å². The fourth-order valence-electron chi connectivity index (χ4n) is 4.33. The van der Waals surface area contributed by atoms with E-state index in [2.05, 4.69) is 16.7 Å². The first-order valence-electron chi connectivity index (χ1n) is 11.5. The second-order valence-electron chi connectivity index (χ2n) is 9.00. The molecule has 0 radical (unpaired) electrons. The molecule has 0 unspecified atom stereocenters. The van der Waals surface area contributed by atoms with Gasteiger partial charge in [0.05, 0.1) is 12.2 Å². The summed E-state index contributed by atoms with van der Waals surface area (Å²) < 4.78 is 11.4. The van der Waals surface area contributed by atoms with Crippen molar-refractivity contribution in [1.29, 1.82) is 0 Å². The summed E-state index contributed by atoms with van der Waals surface area (Å²) in [7, 11) is 0. The number of carboxylic acid groups (broad SMARTS) is 1. The molecule has 2 rings (SSSR count). The van der Waals surface area contributed by atoms with Crippen molar-refractivity contribution in [3.05, 3.63) is 12.2 Å². The number of hydrogen-bond donors (Lipinski definition) is 3. The number of carboxylic acids is 1. The van der Waals surface area contributed by atoms with Crippen LogP contribution in [0.15, 0.2) is 12.2 Å². The molecule has 0 aromatic rings. The van der Waals surface area contributed by atoms with Crippen molar-refractivity contribution in [3.63, 3.8) is 0 Å². The van der Waals surface area contributed by atoms with Gasteiger partial charge in [0.25, 0.3) is 5.91 Å². The number of unbranched alkanes of at least 4 members (excludes halogenated alkanes) is 2. The average molecular weight is 439 g/mol. The molecule has 2 saturated heterocycles. The topological polar surface area (TPSA) is 114 Å². The van der Waals surface area contributed by atoms with Gasteiger partial charge < -0.3 is 25.2 Å². The Bertz CT molecular complexity index is 648. The van der Waals surface area contributed by atoms with Crippen molar-refractivity contribution in [3.8, 4) is 0 Å². The van der Waals surface area contributed by atoms with Gasteiger partial charge in [-0.05, 0) is 58.3 Å². The summed E-state index contributed by atoms with van der Waals surface area (Å²) in [6, 6.07) is 0. The van der Waals surface area contributed by atoms with Gasteiger partial charge in [-0.3, -0.25) is 9.59 Å². The third-order valence-corrected chi connectivity index (χ3v) is 6.12. The zero-order valence-electron chi connectivity index (χ0n) is 19.0. The molecule has 2 aliphatic heterocycles. The summed E-state index contributed by atoms with van der Waals surface area (Å²) in [4.78, 5) is 35.2. The average Bonchev–Trinajstić information content (AvgIpc) is 3.30. The van der Waals surface area contributed by atoms with E-state index in [0.29, 0.717) is 25.4 Å². The molecular formula is C23H38N2O6. The van der Waals surface area contributed by atoms with Gasteiger partial charge in [-0.1, -0.05) is 25.5 Å². The number of amides is 2. The predicted octanol–water partition coefficient (Wildman–Crippen LogP) is 3.40. The van der Waals surface area contributed by atoms with Gasteiger partial charge in [-0.2, -0.15) is 0 Å². The highest BCUT2D eigenvalue weighted by Gasteiger charge is 2.48. The lowest BCUT2D eigenvalue weighted by atomic mass is 9.77. The van der Waals surface area contributed by atoms with Crippen LogP contribution in [0, 0.1) is 11.8 Å². The molecule has 2 heterocycles. The van der Waals surface area contributed by atoms with E-state index in [0.717, 1.165) is 38.5 Å². The number of aliphatic carboxylic acids is 1. The molecule has 176 valence electrons. The number of nitrogens with one attached hydrogen (secondary N) is 2. The quantitative estimate of drug-likeness (QED) is 0.300.